The molecule has 4 nitrogen and oxygen atoms in total. The average molecular weight is 215 g/mol. The maximum Gasteiger partial charge on any atom is 0.252 e. The number of nitrogens with zero attached hydrogens (tertiary/aromatic N) is 3. The first-order chi connectivity index (χ1) is 7.81. The zero-order valence-corrected chi connectivity index (χ0v) is 9.13. The molecule has 0 atom stereocenters. The second kappa shape index (κ2) is 4.70. The third-order valence-corrected chi connectivity index (χ3v) is 2.52. The normalized spacial score (nSPS) is 10.3. The van der Waals surface area contributed by atoms with Crippen molar-refractivity contribution < 1.29 is 4.79 Å². The Kier molecular flexibility index (Phi) is 3.10. The van der Waals surface area contributed by atoms with E-state index in [1.807, 2.05) is 24.3 Å². The minimum atomic E-state index is -0.0570. The molecular weight excluding hydrogens is 202 g/mol. The molecule has 0 spiro atoms. The third kappa shape index (κ3) is 2.16. The summed E-state index contributed by atoms with van der Waals surface area (Å²) in [7, 11) is 0. The van der Waals surface area contributed by atoms with E-state index in [0.717, 1.165) is 12.0 Å². The molecule has 2 aromatic rings. The Bertz CT molecular complexity index is 477. The van der Waals surface area contributed by atoms with Gasteiger partial charge in [0.25, 0.3) is 5.91 Å². The fraction of sp³-hybridized carbons (Fsp3) is 0.250. The van der Waals surface area contributed by atoms with Crippen LogP contribution in [0.2, 0.25) is 0 Å². The summed E-state index contributed by atoms with van der Waals surface area (Å²) in [6.07, 6.45) is 4.09. The van der Waals surface area contributed by atoms with Crippen molar-refractivity contribution in [1.82, 2.24) is 14.8 Å². The number of aryl methyl sites for hydroxylation is 1. The fourth-order valence-corrected chi connectivity index (χ4v) is 1.66. The summed E-state index contributed by atoms with van der Waals surface area (Å²) in [6, 6.07) is 7.96. The molecule has 0 saturated carbocycles. The van der Waals surface area contributed by atoms with Crippen LogP contribution < -0.4 is 0 Å². The zero-order valence-electron chi connectivity index (χ0n) is 9.13. The Morgan fingerprint density at radius 1 is 1.31 bits per heavy atom. The predicted molar refractivity (Wildman–Crippen MR) is 60.2 cm³/mol. The van der Waals surface area contributed by atoms with Gasteiger partial charge < -0.3 is 0 Å². The molecule has 16 heavy (non-hydrogen) atoms. The SMILES string of the molecule is CCc1ccccc1CC(=O)n1cncn1. The fourth-order valence-electron chi connectivity index (χ4n) is 1.66. The van der Waals surface area contributed by atoms with Crippen molar-refractivity contribution in [3.05, 3.63) is 48.0 Å². The molecule has 82 valence electrons. The van der Waals surface area contributed by atoms with E-state index in [1.165, 1.54) is 22.9 Å². The van der Waals surface area contributed by atoms with Gasteiger partial charge in [-0.25, -0.2) is 4.98 Å². The Balaban J connectivity index is 2.18. The standard InChI is InChI=1S/C12H13N3O/c1-2-10-5-3-4-6-11(10)7-12(16)15-9-13-8-14-15/h3-6,8-9H,2,7H2,1H3. The van der Waals surface area contributed by atoms with Crippen molar-refractivity contribution in [1.29, 1.82) is 0 Å². The van der Waals surface area contributed by atoms with Gasteiger partial charge in [0.15, 0.2) is 0 Å². The molecule has 1 aromatic heterocycles. The van der Waals surface area contributed by atoms with E-state index in [9.17, 15) is 4.79 Å². The highest BCUT2D eigenvalue weighted by atomic mass is 16.2. The highest BCUT2D eigenvalue weighted by Gasteiger charge is 2.08. The van der Waals surface area contributed by atoms with Gasteiger partial charge in [-0.05, 0) is 17.5 Å². The molecule has 0 amide bonds. The van der Waals surface area contributed by atoms with Crippen LogP contribution in [0.15, 0.2) is 36.9 Å². The molecule has 0 aliphatic carbocycles. The van der Waals surface area contributed by atoms with E-state index < -0.39 is 0 Å². The van der Waals surface area contributed by atoms with Crippen LogP contribution in [0.1, 0.15) is 22.8 Å². The second-order valence-corrected chi connectivity index (χ2v) is 3.53. The molecule has 0 saturated heterocycles. The molecule has 2 rings (SSSR count). The summed E-state index contributed by atoms with van der Waals surface area (Å²) in [6.45, 7) is 2.08. The molecular formula is C12H13N3O. The lowest BCUT2D eigenvalue weighted by Crippen LogP contribution is -2.14. The van der Waals surface area contributed by atoms with E-state index in [4.69, 9.17) is 0 Å². The van der Waals surface area contributed by atoms with Crippen LogP contribution >= 0.6 is 0 Å². The van der Waals surface area contributed by atoms with Gasteiger partial charge in [0.2, 0.25) is 0 Å². The molecule has 1 heterocycles. The lowest BCUT2D eigenvalue weighted by Gasteiger charge is -2.06. The number of carbonyl (C=O) groups excluding carboxylic acids is 1. The maximum absolute atomic E-state index is 11.8. The van der Waals surface area contributed by atoms with Crippen molar-refractivity contribution in [2.45, 2.75) is 19.8 Å². The first kappa shape index (κ1) is 10.5. The van der Waals surface area contributed by atoms with Crippen LogP contribution in [0.4, 0.5) is 0 Å². The molecule has 0 aliphatic heterocycles. The van der Waals surface area contributed by atoms with Crippen molar-refractivity contribution in [3.63, 3.8) is 0 Å². The highest BCUT2D eigenvalue weighted by Crippen LogP contribution is 2.10. The van der Waals surface area contributed by atoms with Crippen LogP contribution in [-0.2, 0) is 12.8 Å². The molecule has 0 aliphatic rings. The lowest BCUT2D eigenvalue weighted by atomic mass is 10.0. The first-order valence-electron chi connectivity index (χ1n) is 5.26. The molecule has 4 heteroatoms. The molecule has 0 unspecified atom stereocenters. The first-order valence-corrected chi connectivity index (χ1v) is 5.26. The number of aromatic nitrogens is 3. The van der Waals surface area contributed by atoms with Crippen molar-refractivity contribution >= 4 is 5.91 Å². The van der Waals surface area contributed by atoms with E-state index >= 15 is 0 Å². The topological polar surface area (TPSA) is 47.8 Å². The highest BCUT2D eigenvalue weighted by molar-refractivity contribution is 5.80. The summed E-state index contributed by atoms with van der Waals surface area (Å²) in [4.78, 5) is 15.6. The van der Waals surface area contributed by atoms with Gasteiger partial charge in [-0.1, -0.05) is 31.2 Å². The predicted octanol–water partition coefficient (Wildman–Crippen LogP) is 1.72. The van der Waals surface area contributed by atoms with E-state index in [0.29, 0.717) is 6.42 Å². The Morgan fingerprint density at radius 3 is 2.69 bits per heavy atom. The van der Waals surface area contributed by atoms with Crippen LogP contribution in [0.5, 0.6) is 0 Å². The summed E-state index contributed by atoms with van der Waals surface area (Å²) in [5.74, 6) is -0.0570. The van der Waals surface area contributed by atoms with Crippen molar-refractivity contribution in [2.75, 3.05) is 0 Å². The molecule has 0 bridgehead atoms. The number of rotatable bonds is 3. The van der Waals surface area contributed by atoms with Crippen molar-refractivity contribution in [3.8, 4) is 0 Å². The molecule has 1 aromatic carbocycles. The Hall–Kier alpha value is -1.97. The minimum Gasteiger partial charge on any atom is -0.272 e. The van der Waals surface area contributed by atoms with Gasteiger partial charge in [0, 0.05) is 0 Å². The average Bonchev–Trinajstić information content (AvgIpc) is 2.83. The zero-order chi connectivity index (χ0) is 11.4. The third-order valence-electron chi connectivity index (χ3n) is 2.52. The monoisotopic (exact) mass is 215 g/mol. The van der Waals surface area contributed by atoms with E-state index in [2.05, 4.69) is 17.0 Å². The maximum atomic E-state index is 11.8. The molecule has 0 N–H and O–H groups in total. The molecule has 0 fully saturated rings. The number of benzene rings is 1. The largest absolute Gasteiger partial charge is 0.272 e. The summed E-state index contributed by atoms with van der Waals surface area (Å²) in [5.41, 5.74) is 2.27. The quantitative estimate of drug-likeness (QED) is 0.783. The van der Waals surface area contributed by atoms with Crippen molar-refractivity contribution in [2.24, 2.45) is 0 Å². The van der Waals surface area contributed by atoms with E-state index in [-0.39, 0.29) is 5.91 Å². The number of carbonyl (C=O) groups is 1. The Labute approximate surface area is 93.9 Å². The second-order valence-electron chi connectivity index (χ2n) is 3.53. The van der Waals surface area contributed by atoms with Crippen LogP contribution in [0.25, 0.3) is 0 Å². The van der Waals surface area contributed by atoms with Gasteiger partial charge >= 0.3 is 0 Å². The van der Waals surface area contributed by atoms with Crippen LogP contribution in [0, 0.1) is 0 Å². The smallest absolute Gasteiger partial charge is 0.252 e. The van der Waals surface area contributed by atoms with Crippen LogP contribution in [0.3, 0.4) is 0 Å². The summed E-state index contributed by atoms with van der Waals surface area (Å²) < 4.78 is 1.27. The van der Waals surface area contributed by atoms with Gasteiger partial charge in [-0.2, -0.15) is 9.78 Å². The lowest BCUT2D eigenvalue weighted by molar-refractivity contribution is 0.0898. The summed E-state index contributed by atoms with van der Waals surface area (Å²) in [5, 5.41) is 3.82. The van der Waals surface area contributed by atoms with Gasteiger partial charge in [0.1, 0.15) is 12.7 Å². The van der Waals surface area contributed by atoms with Gasteiger partial charge in [0.05, 0.1) is 6.42 Å². The Morgan fingerprint density at radius 2 is 2.06 bits per heavy atom. The number of hydrogen-bond donors (Lipinski definition) is 0. The summed E-state index contributed by atoms with van der Waals surface area (Å²) >= 11 is 0. The number of hydrogen-bond acceptors (Lipinski definition) is 3. The molecule has 0 radical (unpaired) electrons. The van der Waals surface area contributed by atoms with E-state index in [1.54, 1.807) is 0 Å². The van der Waals surface area contributed by atoms with Crippen LogP contribution in [-0.4, -0.2) is 20.7 Å². The van der Waals surface area contributed by atoms with Gasteiger partial charge in [-0.3, -0.25) is 4.79 Å². The minimum absolute atomic E-state index is 0.0570. The van der Waals surface area contributed by atoms with Gasteiger partial charge in [-0.15, -0.1) is 0 Å².